The lowest BCUT2D eigenvalue weighted by molar-refractivity contribution is 0.0696. The molecule has 1 N–H and O–H groups in total. The number of hydrogen-bond acceptors (Lipinski definition) is 3. The number of benzene rings is 3. The van der Waals surface area contributed by atoms with E-state index in [1.165, 1.54) is 11.1 Å². The first kappa shape index (κ1) is 25.4. The van der Waals surface area contributed by atoms with Crippen molar-refractivity contribution in [1.29, 1.82) is 0 Å². The van der Waals surface area contributed by atoms with E-state index in [0.29, 0.717) is 5.56 Å². The van der Waals surface area contributed by atoms with Gasteiger partial charge in [-0.25, -0.2) is 4.79 Å². The number of anilines is 1. The van der Waals surface area contributed by atoms with E-state index in [4.69, 9.17) is 5.11 Å². The van der Waals surface area contributed by atoms with Gasteiger partial charge in [-0.15, -0.1) is 0 Å². The number of carbonyl (C=O) groups excluding carboxylic acids is 1. The Morgan fingerprint density at radius 2 is 1.44 bits per heavy atom. The largest absolute Gasteiger partial charge is 0.478 e. The lowest BCUT2D eigenvalue weighted by Gasteiger charge is -2.43. The van der Waals surface area contributed by atoms with Crippen molar-refractivity contribution in [3.63, 3.8) is 0 Å². The summed E-state index contributed by atoms with van der Waals surface area (Å²) in [5, 5.41) is 9.11. The van der Waals surface area contributed by atoms with Crippen molar-refractivity contribution >= 4 is 23.5 Å². The molecule has 4 heteroatoms. The van der Waals surface area contributed by atoms with Crippen LogP contribution in [-0.2, 0) is 10.8 Å². The standard InChI is InChI=1S/C32H35NO3/c1-31(2)17-18-32(3,4)29-26(22-12-14-25(15-13-22)33(5)6)19-24(20-27(29)31)28(34)16-9-21-7-10-23(11-8-21)30(35)36/h7-16,19-20H,17-18H2,1-6H3,(H,35,36). The minimum absolute atomic E-state index is 0.00368. The Morgan fingerprint density at radius 1 is 0.833 bits per heavy atom. The number of carboxylic acids is 1. The zero-order valence-corrected chi connectivity index (χ0v) is 22.1. The van der Waals surface area contributed by atoms with Gasteiger partial charge >= 0.3 is 5.97 Å². The number of rotatable bonds is 6. The topological polar surface area (TPSA) is 57.6 Å². The van der Waals surface area contributed by atoms with Crippen molar-refractivity contribution in [3.8, 4) is 11.1 Å². The van der Waals surface area contributed by atoms with Gasteiger partial charge in [0.15, 0.2) is 5.78 Å². The Hall–Kier alpha value is -3.66. The van der Waals surface area contributed by atoms with Gasteiger partial charge in [-0.1, -0.05) is 58.0 Å². The molecule has 0 amide bonds. The maximum atomic E-state index is 13.4. The molecule has 1 aliphatic carbocycles. The van der Waals surface area contributed by atoms with Crippen LogP contribution in [0.1, 0.15) is 77.9 Å². The van der Waals surface area contributed by atoms with Crippen LogP contribution in [0.15, 0.2) is 66.7 Å². The molecule has 0 radical (unpaired) electrons. The number of fused-ring (bicyclic) bond motifs is 1. The average Bonchev–Trinajstić information content (AvgIpc) is 2.85. The number of hydrogen-bond donors (Lipinski definition) is 1. The molecular formula is C32H35NO3. The minimum atomic E-state index is -0.965. The van der Waals surface area contributed by atoms with Crippen LogP contribution in [0.25, 0.3) is 17.2 Å². The summed E-state index contributed by atoms with van der Waals surface area (Å²) in [4.78, 5) is 26.6. The van der Waals surface area contributed by atoms with E-state index in [-0.39, 0.29) is 22.2 Å². The highest BCUT2D eigenvalue weighted by molar-refractivity contribution is 6.08. The zero-order chi connectivity index (χ0) is 26.3. The Labute approximate surface area is 214 Å². The number of aromatic carboxylic acids is 1. The molecule has 36 heavy (non-hydrogen) atoms. The fourth-order valence-electron chi connectivity index (χ4n) is 5.10. The fraction of sp³-hybridized carbons (Fsp3) is 0.312. The molecular weight excluding hydrogens is 446 g/mol. The summed E-state index contributed by atoms with van der Waals surface area (Å²) in [6, 6.07) is 19.2. The van der Waals surface area contributed by atoms with Crippen molar-refractivity contribution in [3.05, 3.63) is 94.6 Å². The molecule has 0 aromatic heterocycles. The normalized spacial score (nSPS) is 15.9. The van der Waals surface area contributed by atoms with Gasteiger partial charge in [0.2, 0.25) is 0 Å². The Kier molecular flexibility index (Phi) is 6.66. The number of ketones is 1. The molecule has 4 nitrogen and oxygen atoms in total. The second-order valence-electron chi connectivity index (χ2n) is 11.3. The predicted molar refractivity (Wildman–Crippen MR) is 148 cm³/mol. The van der Waals surface area contributed by atoms with Gasteiger partial charge in [-0.2, -0.15) is 0 Å². The molecule has 0 saturated heterocycles. The fourth-order valence-corrected chi connectivity index (χ4v) is 5.10. The summed E-state index contributed by atoms with van der Waals surface area (Å²) >= 11 is 0. The second-order valence-corrected chi connectivity index (χ2v) is 11.3. The Morgan fingerprint density at radius 3 is 2.03 bits per heavy atom. The van der Waals surface area contributed by atoms with Gasteiger partial charge in [-0.3, -0.25) is 4.79 Å². The summed E-state index contributed by atoms with van der Waals surface area (Å²) in [6.45, 7) is 9.16. The van der Waals surface area contributed by atoms with Crippen LogP contribution in [0.4, 0.5) is 5.69 Å². The molecule has 4 rings (SSSR count). The highest BCUT2D eigenvalue weighted by atomic mass is 16.4. The molecule has 0 unspecified atom stereocenters. The van der Waals surface area contributed by atoms with Crippen LogP contribution in [-0.4, -0.2) is 31.0 Å². The third kappa shape index (κ3) is 4.99. The van der Waals surface area contributed by atoms with Crippen LogP contribution in [0.2, 0.25) is 0 Å². The quantitative estimate of drug-likeness (QED) is 0.295. The van der Waals surface area contributed by atoms with E-state index in [9.17, 15) is 9.59 Å². The molecule has 0 atom stereocenters. The highest BCUT2D eigenvalue weighted by Crippen LogP contribution is 2.50. The van der Waals surface area contributed by atoms with E-state index < -0.39 is 5.97 Å². The van der Waals surface area contributed by atoms with Crippen molar-refractivity contribution in [2.45, 2.75) is 51.4 Å². The Balaban J connectivity index is 1.80. The van der Waals surface area contributed by atoms with Crippen molar-refractivity contribution in [2.24, 2.45) is 0 Å². The molecule has 0 aliphatic heterocycles. The Bertz CT molecular complexity index is 1330. The molecule has 3 aromatic rings. The van der Waals surface area contributed by atoms with Crippen LogP contribution in [0.3, 0.4) is 0 Å². The van der Waals surface area contributed by atoms with Crippen molar-refractivity contribution in [1.82, 2.24) is 0 Å². The monoisotopic (exact) mass is 481 g/mol. The lowest BCUT2D eigenvalue weighted by atomic mass is 9.61. The second kappa shape index (κ2) is 9.42. The van der Waals surface area contributed by atoms with Gasteiger partial charge in [0.25, 0.3) is 0 Å². The molecule has 0 heterocycles. The average molecular weight is 482 g/mol. The zero-order valence-electron chi connectivity index (χ0n) is 22.1. The van der Waals surface area contributed by atoms with Gasteiger partial charge in [-0.05, 0) is 94.0 Å². The molecule has 0 spiro atoms. The maximum Gasteiger partial charge on any atom is 0.335 e. The number of nitrogens with zero attached hydrogens (tertiary/aromatic N) is 1. The van der Waals surface area contributed by atoms with Gasteiger partial charge in [0, 0.05) is 25.3 Å². The van der Waals surface area contributed by atoms with Gasteiger partial charge in [0.1, 0.15) is 0 Å². The van der Waals surface area contributed by atoms with Crippen molar-refractivity contribution in [2.75, 3.05) is 19.0 Å². The van der Waals surface area contributed by atoms with Crippen LogP contribution in [0.5, 0.6) is 0 Å². The maximum absolute atomic E-state index is 13.4. The number of carboxylic acid groups (broad SMARTS) is 1. The summed E-state index contributed by atoms with van der Waals surface area (Å²) in [5.74, 6) is -1.03. The first-order valence-electron chi connectivity index (χ1n) is 12.4. The third-order valence-corrected chi connectivity index (χ3v) is 7.48. The molecule has 0 bridgehead atoms. The van der Waals surface area contributed by atoms with E-state index in [1.54, 1.807) is 36.4 Å². The summed E-state index contributed by atoms with van der Waals surface area (Å²) in [6.07, 6.45) is 5.48. The number of carbonyl (C=O) groups is 2. The molecule has 1 aliphatic rings. The molecule has 186 valence electrons. The van der Waals surface area contributed by atoms with E-state index in [1.807, 2.05) is 20.2 Å². The van der Waals surface area contributed by atoms with Crippen LogP contribution in [0, 0.1) is 0 Å². The van der Waals surface area contributed by atoms with Crippen LogP contribution >= 0.6 is 0 Å². The summed E-state index contributed by atoms with van der Waals surface area (Å²) in [7, 11) is 4.06. The molecule has 0 saturated carbocycles. The predicted octanol–water partition coefficient (Wildman–Crippen LogP) is 7.36. The first-order chi connectivity index (χ1) is 16.9. The van der Waals surface area contributed by atoms with Gasteiger partial charge in [0.05, 0.1) is 5.56 Å². The SMILES string of the molecule is CN(C)c1ccc(-c2cc(C(=O)C=Cc3ccc(C(=O)O)cc3)cc3c2C(C)(C)CCC3(C)C)cc1. The summed E-state index contributed by atoms with van der Waals surface area (Å²) < 4.78 is 0. The third-order valence-electron chi connectivity index (χ3n) is 7.48. The van der Waals surface area contributed by atoms with E-state index >= 15 is 0 Å². The van der Waals surface area contributed by atoms with E-state index in [2.05, 4.69) is 62.9 Å². The van der Waals surface area contributed by atoms with E-state index in [0.717, 1.165) is 35.2 Å². The van der Waals surface area contributed by atoms with Crippen LogP contribution < -0.4 is 4.90 Å². The minimum Gasteiger partial charge on any atom is -0.478 e. The number of allylic oxidation sites excluding steroid dienone is 1. The van der Waals surface area contributed by atoms with Gasteiger partial charge < -0.3 is 10.0 Å². The smallest absolute Gasteiger partial charge is 0.335 e. The first-order valence-corrected chi connectivity index (χ1v) is 12.4. The highest BCUT2D eigenvalue weighted by Gasteiger charge is 2.39. The molecule has 3 aromatic carbocycles. The van der Waals surface area contributed by atoms with Crippen molar-refractivity contribution < 1.29 is 14.7 Å². The summed E-state index contributed by atoms with van der Waals surface area (Å²) in [5.41, 5.74) is 7.61. The molecule has 0 fully saturated rings. The lowest BCUT2D eigenvalue weighted by Crippen LogP contribution is -2.34.